The van der Waals surface area contributed by atoms with Crippen molar-refractivity contribution in [3.05, 3.63) is 0 Å². The highest BCUT2D eigenvalue weighted by molar-refractivity contribution is 5.68. The molecule has 0 aromatic rings. The predicted octanol–water partition coefficient (Wildman–Crippen LogP) is 2.80. The first kappa shape index (κ1) is 12.9. The number of ether oxygens (including phenoxy) is 1. The van der Waals surface area contributed by atoms with E-state index in [1.165, 1.54) is 0 Å². The second kappa shape index (κ2) is 5.25. The lowest BCUT2D eigenvalue weighted by Crippen LogP contribution is -2.39. The first-order valence-corrected chi connectivity index (χ1v) is 5.87. The summed E-state index contributed by atoms with van der Waals surface area (Å²) in [6.45, 7) is 6.45. The maximum Gasteiger partial charge on any atom is 0.410 e. The monoisotopic (exact) mass is 223 g/mol. The molecule has 0 spiro atoms. The average Bonchev–Trinajstić information content (AvgIpc) is 2.59. The molecule has 1 heterocycles. The molecule has 0 aromatic heterocycles. The van der Waals surface area contributed by atoms with E-state index in [2.05, 4.69) is 5.92 Å². The van der Waals surface area contributed by atoms with Gasteiger partial charge in [0, 0.05) is 19.0 Å². The van der Waals surface area contributed by atoms with Crippen LogP contribution < -0.4 is 0 Å². The zero-order valence-corrected chi connectivity index (χ0v) is 10.5. The van der Waals surface area contributed by atoms with Gasteiger partial charge in [-0.15, -0.1) is 12.3 Å². The molecule has 1 aliphatic heterocycles. The van der Waals surface area contributed by atoms with Gasteiger partial charge < -0.3 is 9.64 Å². The number of carbonyl (C=O) groups excluding carboxylic acids is 1. The lowest BCUT2D eigenvalue weighted by Gasteiger charge is -2.28. The van der Waals surface area contributed by atoms with Crippen molar-refractivity contribution in [1.82, 2.24) is 4.90 Å². The fourth-order valence-corrected chi connectivity index (χ4v) is 1.95. The predicted molar refractivity (Wildman–Crippen MR) is 64.0 cm³/mol. The Labute approximate surface area is 98.1 Å². The average molecular weight is 223 g/mol. The molecule has 0 aromatic carbocycles. The first-order chi connectivity index (χ1) is 7.44. The van der Waals surface area contributed by atoms with Gasteiger partial charge in [-0.1, -0.05) is 0 Å². The summed E-state index contributed by atoms with van der Waals surface area (Å²) in [7, 11) is 0. The van der Waals surface area contributed by atoms with E-state index in [9.17, 15) is 4.79 Å². The third-order valence-corrected chi connectivity index (χ3v) is 2.63. The van der Waals surface area contributed by atoms with Crippen molar-refractivity contribution in [1.29, 1.82) is 0 Å². The van der Waals surface area contributed by atoms with E-state index in [1.54, 1.807) is 0 Å². The SMILES string of the molecule is C#CCC[C@H]1CCCN1C(=O)OC(C)(C)C. The van der Waals surface area contributed by atoms with Crippen molar-refractivity contribution in [3.8, 4) is 12.3 Å². The standard InChI is InChI=1S/C13H21NO2/c1-5-6-8-11-9-7-10-14(11)12(15)16-13(2,3)4/h1,11H,6-10H2,2-4H3/t11-/m0/s1. The normalized spacial score (nSPS) is 20.6. The summed E-state index contributed by atoms with van der Waals surface area (Å²) in [6, 6.07) is 0.269. The van der Waals surface area contributed by atoms with Crippen molar-refractivity contribution in [2.24, 2.45) is 0 Å². The second-order valence-electron chi connectivity index (χ2n) is 5.21. The largest absolute Gasteiger partial charge is 0.444 e. The van der Waals surface area contributed by atoms with Crippen LogP contribution in [0.1, 0.15) is 46.5 Å². The van der Waals surface area contributed by atoms with Crippen LogP contribution in [0.15, 0.2) is 0 Å². The Kier molecular flexibility index (Phi) is 4.23. The van der Waals surface area contributed by atoms with E-state index in [1.807, 2.05) is 25.7 Å². The molecule has 3 heteroatoms. The number of terminal acetylenes is 1. The number of carbonyl (C=O) groups is 1. The topological polar surface area (TPSA) is 29.5 Å². The fraction of sp³-hybridized carbons (Fsp3) is 0.769. The van der Waals surface area contributed by atoms with Crippen LogP contribution in [0.5, 0.6) is 0 Å². The van der Waals surface area contributed by atoms with Gasteiger partial charge in [-0.05, 0) is 40.0 Å². The Bertz CT molecular complexity index is 285. The summed E-state index contributed by atoms with van der Waals surface area (Å²) in [6.07, 6.45) is 8.75. The van der Waals surface area contributed by atoms with Crippen molar-refractivity contribution in [2.45, 2.75) is 58.1 Å². The maximum atomic E-state index is 11.9. The van der Waals surface area contributed by atoms with Crippen LogP contribution in [0.3, 0.4) is 0 Å². The van der Waals surface area contributed by atoms with Gasteiger partial charge in [0.15, 0.2) is 0 Å². The van der Waals surface area contributed by atoms with Gasteiger partial charge in [0.1, 0.15) is 5.60 Å². The third-order valence-electron chi connectivity index (χ3n) is 2.63. The van der Waals surface area contributed by atoms with Gasteiger partial charge in [-0.25, -0.2) is 4.79 Å². The fourth-order valence-electron chi connectivity index (χ4n) is 1.95. The maximum absolute atomic E-state index is 11.9. The second-order valence-corrected chi connectivity index (χ2v) is 5.21. The van der Waals surface area contributed by atoms with Gasteiger partial charge in [0.25, 0.3) is 0 Å². The summed E-state index contributed by atoms with van der Waals surface area (Å²) >= 11 is 0. The van der Waals surface area contributed by atoms with Gasteiger partial charge in [-0.2, -0.15) is 0 Å². The van der Waals surface area contributed by atoms with Crippen LogP contribution in [0, 0.1) is 12.3 Å². The molecule has 0 radical (unpaired) electrons. The highest BCUT2D eigenvalue weighted by Crippen LogP contribution is 2.23. The Morgan fingerprint density at radius 3 is 2.81 bits per heavy atom. The Morgan fingerprint density at radius 2 is 2.25 bits per heavy atom. The summed E-state index contributed by atoms with van der Waals surface area (Å²) in [5, 5.41) is 0. The molecule has 1 aliphatic rings. The minimum absolute atomic E-state index is 0.202. The minimum Gasteiger partial charge on any atom is -0.444 e. The van der Waals surface area contributed by atoms with Crippen molar-refractivity contribution >= 4 is 6.09 Å². The van der Waals surface area contributed by atoms with Crippen LogP contribution in [0.4, 0.5) is 4.79 Å². The molecule has 0 bridgehead atoms. The van der Waals surface area contributed by atoms with Gasteiger partial charge in [0.05, 0.1) is 0 Å². The molecular formula is C13H21NO2. The molecule has 0 saturated carbocycles. The quantitative estimate of drug-likeness (QED) is 0.674. The van der Waals surface area contributed by atoms with Crippen LogP contribution in [-0.4, -0.2) is 29.2 Å². The zero-order valence-electron chi connectivity index (χ0n) is 10.5. The molecule has 1 saturated heterocycles. The lowest BCUT2D eigenvalue weighted by atomic mass is 10.1. The number of amides is 1. The highest BCUT2D eigenvalue weighted by atomic mass is 16.6. The van der Waals surface area contributed by atoms with Crippen LogP contribution in [0.25, 0.3) is 0 Å². The number of hydrogen-bond acceptors (Lipinski definition) is 2. The number of hydrogen-bond donors (Lipinski definition) is 0. The molecular weight excluding hydrogens is 202 g/mol. The smallest absolute Gasteiger partial charge is 0.410 e. The molecule has 1 fully saturated rings. The summed E-state index contributed by atoms with van der Waals surface area (Å²) < 4.78 is 5.37. The van der Waals surface area contributed by atoms with Crippen molar-refractivity contribution in [3.63, 3.8) is 0 Å². The first-order valence-electron chi connectivity index (χ1n) is 5.87. The Balaban J connectivity index is 2.51. The molecule has 0 unspecified atom stereocenters. The summed E-state index contributed by atoms with van der Waals surface area (Å²) in [5.41, 5.74) is -0.420. The van der Waals surface area contributed by atoms with Gasteiger partial charge in [-0.3, -0.25) is 0 Å². The molecule has 1 rings (SSSR count). The van der Waals surface area contributed by atoms with Gasteiger partial charge >= 0.3 is 6.09 Å². The van der Waals surface area contributed by atoms with Gasteiger partial charge in [0.2, 0.25) is 0 Å². The third kappa shape index (κ3) is 3.77. The van der Waals surface area contributed by atoms with E-state index in [0.717, 1.165) is 32.2 Å². The van der Waals surface area contributed by atoms with Crippen LogP contribution in [0.2, 0.25) is 0 Å². The van der Waals surface area contributed by atoms with Crippen molar-refractivity contribution < 1.29 is 9.53 Å². The molecule has 0 N–H and O–H groups in total. The minimum atomic E-state index is -0.420. The van der Waals surface area contributed by atoms with E-state index in [0.29, 0.717) is 0 Å². The Morgan fingerprint density at radius 1 is 1.56 bits per heavy atom. The van der Waals surface area contributed by atoms with Crippen LogP contribution >= 0.6 is 0 Å². The number of nitrogens with zero attached hydrogens (tertiary/aromatic N) is 1. The lowest BCUT2D eigenvalue weighted by molar-refractivity contribution is 0.0221. The van der Waals surface area contributed by atoms with Crippen molar-refractivity contribution in [2.75, 3.05) is 6.54 Å². The van der Waals surface area contributed by atoms with E-state index in [4.69, 9.17) is 11.2 Å². The number of rotatable bonds is 2. The Hall–Kier alpha value is -1.17. The van der Waals surface area contributed by atoms with E-state index < -0.39 is 5.60 Å². The van der Waals surface area contributed by atoms with Crippen LogP contribution in [-0.2, 0) is 4.74 Å². The summed E-state index contributed by atoms with van der Waals surface area (Å²) in [4.78, 5) is 13.7. The van der Waals surface area contributed by atoms with E-state index in [-0.39, 0.29) is 12.1 Å². The molecule has 1 amide bonds. The number of likely N-dealkylation sites (tertiary alicyclic amines) is 1. The molecule has 3 nitrogen and oxygen atoms in total. The molecule has 0 aliphatic carbocycles. The highest BCUT2D eigenvalue weighted by Gasteiger charge is 2.31. The molecule has 1 atom stereocenters. The molecule has 16 heavy (non-hydrogen) atoms. The molecule has 90 valence electrons. The van der Waals surface area contributed by atoms with E-state index >= 15 is 0 Å². The summed E-state index contributed by atoms with van der Waals surface area (Å²) in [5.74, 6) is 2.62. The zero-order chi connectivity index (χ0) is 12.2.